The van der Waals surface area contributed by atoms with Crippen molar-refractivity contribution in [3.05, 3.63) is 0 Å². The Kier molecular flexibility index (Phi) is 2.70. The van der Waals surface area contributed by atoms with Gasteiger partial charge in [-0.3, -0.25) is 4.79 Å². The van der Waals surface area contributed by atoms with Gasteiger partial charge < -0.3 is 9.64 Å². The van der Waals surface area contributed by atoms with Crippen molar-refractivity contribution >= 4 is 11.9 Å². The molecule has 1 aliphatic heterocycles. The van der Waals surface area contributed by atoms with Crippen LogP contribution in [-0.2, 0) is 9.53 Å². The Labute approximate surface area is 114 Å². The van der Waals surface area contributed by atoms with Crippen LogP contribution < -0.4 is 0 Å². The number of ether oxygens (including phenoxy) is 1. The van der Waals surface area contributed by atoms with Crippen LogP contribution in [0.3, 0.4) is 0 Å². The van der Waals surface area contributed by atoms with Gasteiger partial charge in [-0.25, -0.2) is 4.79 Å². The lowest BCUT2D eigenvalue weighted by Crippen LogP contribution is -2.73. The lowest BCUT2D eigenvalue weighted by Gasteiger charge is -2.63. The highest BCUT2D eigenvalue weighted by molar-refractivity contribution is 5.97. The molecule has 0 aromatic heterocycles. The van der Waals surface area contributed by atoms with Crippen LogP contribution >= 0.6 is 0 Å². The first-order valence-electron chi connectivity index (χ1n) is 7.39. The molecule has 0 N–H and O–H groups in total. The van der Waals surface area contributed by atoms with Crippen LogP contribution in [0.1, 0.15) is 52.9 Å². The van der Waals surface area contributed by atoms with Crippen molar-refractivity contribution < 1.29 is 14.3 Å². The molecule has 3 fully saturated rings. The number of ketones is 1. The van der Waals surface area contributed by atoms with Crippen molar-refractivity contribution in [2.45, 2.75) is 64.5 Å². The third kappa shape index (κ3) is 1.79. The van der Waals surface area contributed by atoms with Crippen LogP contribution in [0.2, 0.25) is 0 Å². The van der Waals surface area contributed by atoms with Gasteiger partial charge in [-0.1, -0.05) is 6.42 Å². The molecule has 2 saturated carbocycles. The fourth-order valence-corrected chi connectivity index (χ4v) is 4.00. The first-order chi connectivity index (χ1) is 8.85. The molecular weight excluding hydrogens is 242 g/mol. The molecular formula is C15H23NO3. The summed E-state index contributed by atoms with van der Waals surface area (Å²) >= 11 is 0. The predicted octanol–water partition coefficient (Wildman–Crippen LogP) is 2.76. The average Bonchev–Trinajstić information content (AvgIpc) is 2.23. The quantitative estimate of drug-likeness (QED) is 0.676. The minimum Gasteiger partial charge on any atom is -0.444 e. The second kappa shape index (κ2) is 3.97. The van der Waals surface area contributed by atoms with E-state index in [1.165, 1.54) is 0 Å². The van der Waals surface area contributed by atoms with Crippen LogP contribution in [0.5, 0.6) is 0 Å². The second-order valence-corrected chi connectivity index (χ2v) is 7.24. The van der Waals surface area contributed by atoms with E-state index in [-0.39, 0.29) is 23.5 Å². The van der Waals surface area contributed by atoms with Crippen LogP contribution in [0, 0.1) is 11.3 Å². The van der Waals surface area contributed by atoms with Crippen molar-refractivity contribution in [1.29, 1.82) is 0 Å². The largest absolute Gasteiger partial charge is 0.444 e. The van der Waals surface area contributed by atoms with Gasteiger partial charge in [0.05, 0.1) is 11.5 Å². The molecule has 2 unspecified atom stereocenters. The zero-order valence-corrected chi connectivity index (χ0v) is 12.1. The third-order valence-corrected chi connectivity index (χ3v) is 4.90. The van der Waals surface area contributed by atoms with E-state index in [0.29, 0.717) is 5.78 Å². The molecule has 0 radical (unpaired) electrons. The molecule has 2 atom stereocenters. The number of rotatable bonds is 0. The summed E-state index contributed by atoms with van der Waals surface area (Å²) in [7, 11) is 0. The van der Waals surface area contributed by atoms with E-state index in [1.54, 1.807) is 0 Å². The normalized spacial score (nSPS) is 32.4. The molecule has 0 bridgehead atoms. The average molecular weight is 265 g/mol. The van der Waals surface area contributed by atoms with E-state index in [0.717, 1.165) is 38.6 Å². The molecule has 2 aliphatic carbocycles. The number of fused-ring (bicyclic) bond motifs is 2. The van der Waals surface area contributed by atoms with E-state index < -0.39 is 5.60 Å². The SMILES string of the molecule is CC(C)(C)OC(=O)N1CCCC2C(=O)C3(CCC3)C21. The van der Waals surface area contributed by atoms with Gasteiger partial charge in [-0.2, -0.15) is 0 Å². The number of piperidine rings is 1. The van der Waals surface area contributed by atoms with Crippen LogP contribution in [0.15, 0.2) is 0 Å². The summed E-state index contributed by atoms with van der Waals surface area (Å²) in [4.78, 5) is 26.5. The van der Waals surface area contributed by atoms with Crippen LogP contribution in [-0.4, -0.2) is 35.0 Å². The van der Waals surface area contributed by atoms with Gasteiger partial charge in [0.1, 0.15) is 11.4 Å². The van der Waals surface area contributed by atoms with E-state index >= 15 is 0 Å². The topological polar surface area (TPSA) is 46.6 Å². The zero-order valence-electron chi connectivity index (χ0n) is 12.1. The van der Waals surface area contributed by atoms with Gasteiger partial charge >= 0.3 is 6.09 Å². The summed E-state index contributed by atoms with van der Waals surface area (Å²) in [6.07, 6.45) is 4.68. The lowest BCUT2D eigenvalue weighted by molar-refractivity contribution is -0.177. The van der Waals surface area contributed by atoms with Gasteiger partial charge in [-0.05, 0) is 46.5 Å². The van der Waals surface area contributed by atoms with E-state index in [2.05, 4.69) is 0 Å². The predicted molar refractivity (Wildman–Crippen MR) is 70.7 cm³/mol. The van der Waals surface area contributed by atoms with E-state index in [1.807, 2.05) is 25.7 Å². The standard InChI is InChI=1S/C15H23NO3/c1-14(2,3)19-13(18)16-9-4-6-10-11(16)15(12(10)17)7-5-8-15/h10-11H,4-9H2,1-3H3. The van der Waals surface area contributed by atoms with Crippen molar-refractivity contribution in [1.82, 2.24) is 4.90 Å². The highest BCUT2D eigenvalue weighted by Crippen LogP contribution is 2.60. The molecule has 0 aromatic rings. The number of likely N-dealkylation sites (tertiary alicyclic amines) is 1. The molecule has 106 valence electrons. The Morgan fingerprint density at radius 3 is 2.53 bits per heavy atom. The van der Waals surface area contributed by atoms with Gasteiger partial charge in [-0.15, -0.1) is 0 Å². The summed E-state index contributed by atoms with van der Waals surface area (Å²) in [5.74, 6) is 0.499. The molecule has 4 nitrogen and oxygen atoms in total. The third-order valence-electron chi connectivity index (χ3n) is 4.90. The van der Waals surface area contributed by atoms with E-state index in [4.69, 9.17) is 4.74 Å². The maximum atomic E-state index is 12.3. The monoisotopic (exact) mass is 265 g/mol. The molecule has 4 heteroatoms. The highest BCUT2D eigenvalue weighted by atomic mass is 16.6. The van der Waals surface area contributed by atoms with Gasteiger partial charge in [0.25, 0.3) is 0 Å². The second-order valence-electron chi connectivity index (χ2n) is 7.24. The molecule has 3 rings (SSSR count). The lowest BCUT2D eigenvalue weighted by atomic mass is 9.45. The van der Waals surface area contributed by atoms with Gasteiger partial charge in [0.2, 0.25) is 0 Å². The Bertz CT molecular complexity index is 420. The summed E-state index contributed by atoms with van der Waals surface area (Å²) in [5.41, 5.74) is -0.660. The fourth-order valence-electron chi connectivity index (χ4n) is 4.00. The Morgan fingerprint density at radius 1 is 1.32 bits per heavy atom. The molecule has 1 heterocycles. The smallest absolute Gasteiger partial charge is 0.410 e. The maximum Gasteiger partial charge on any atom is 0.410 e. The molecule has 0 aromatic carbocycles. The molecule has 1 saturated heterocycles. The molecule has 1 spiro atoms. The molecule has 19 heavy (non-hydrogen) atoms. The zero-order chi connectivity index (χ0) is 13.8. The van der Waals surface area contributed by atoms with Crippen molar-refractivity contribution in [2.24, 2.45) is 11.3 Å². The first-order valence-corrected chi connectivity index (χ1v) is 7.39. The first kappa shape index (κ1) is 12.9. The minimum absolute atomic E-state index is 0.0848. The Morgan fingerprint density at radius 2 is 2.00 bits per heavy atom. The van der Waals surface area contributed by atoms with Crippen molar-refractivity contribution in [2.75, 3.05) is 6.54 Å². The number of carbonyl (C=O) groups is 2. The number of hydrogen-bond donors (Lipinski definition) is 0. The van der Waals surface area contributed by atoms with Crippen molar-refractivity contribution in [3.63, 3.8) is 0 Å². The maximum absolute atomic E-state index is 12.3. The number of amides is 1. The summed E-state index contributed by atoms with van der Waals surface area (Å²) in [6, 6.07) is 0.123. The van der Waals surface area contributed by atoms with Crippen LogP contribution in [0.25, 0.3) is 0 Å². The number of Topliss-reactive ketones (excluding diaryl/α,β-unsaturated/α-hetero) is 1. The molecule has 1 amide bonds. The Hall–Kier alpha value is -1.06. The van der Waals surface area contributed by atoms with E-state index in [9.17, 15) is 9.59 Å². The summed E-state index contributed by atoms with van der Waals surface area (Å²) in [6.45, 7) is 6.40. The number of hydrogen-bond acceptors (Lipinski definition) is 3. The van der Waals surface area contributed by atoms with Gasteiger partial charge in [0.15, 0.2) is 0 Å². The number of nitrogens with zero attached hydrogens (tertiary/aromatic N) is 1. The fraction of sp³-hybridized carbons (Fsp3) is 0.867. The minimum atomic E-state index is -0.468. The van der Waals surface area contributed by atoms with Gasteiger partial charge in [0, 0.05) is 12.5 Å². The van der Waals surface area contributed by atoms with Crippen molar-refractivity contribution in [3.8, 4) is 0 Å². The summed E-state index contributed by atoms with van der Waals surface area (Å²) in [5, 5.41) is 0. The highest BCUT2D eigenvalue weighted by Gasteiger charge is 2.67. The summed E-state index contributed by atoms with van der Waals surface area (Å²) < 4.78 is 5.50. The molecule has 3 aliphatic rings. The Balaban J connectivity index is 1.78. The number of carbonyl (C=O) groups excluding carboxylic acids is 2. The van der Waals surface area contributed by atoms with Crippen LogP contribution in [0.4, 0.5) is 4.79 Å².